The smallest absolute Gasteiger partial charge is 0.394 e. The summed E-state index contributed by atoms with van der Waals surface area (Å²) in [6.45, 7) is -1.03. The second-order valence-corrected chi connectivity index (χ2v) is 4.54. The third-order valence-electron chi connectivity index (χ3n) is 1.88. The average molecular weight is 291 g/mol. The summed E-state index contributed by atoms with van der Waals surface area (Å²) >= 11 is 0. The molecule has 0 aromatic rings. The highest BCUT2D eigenvalue weighted by molar-refractivity contribution is 7.46. The zero-order chi connectivity index (χ0) is 14.7. The van der Waals surface area contributed by atoms with Crippen LogP contribution in [0.5, 0.6) is 0 Å². The van der Waals surface area contributed by atoms with Crippen LogP contribution in [0.25, 0.3) is 0 Å². The summed E-state index contributed by atoms with van der Waals surface area (Å²) in [4.78, 5) is 27.6. The average Bonchev–Trinajstić information content (AvgIpc) is 2.23. The van der Waals surface area contributed by atoms with Gasteiger partial charge in [-0.2, -0.15) is 0 Å². The maximum absolute atomic E-state index is 11.0. The fourth-order valence-electron chi connectivity index (χ4n) is 0.881. The van der Waals surface area contributed by atoms with E-state index in [1.165, 1.54) is 0 Å². The van der Waals surface area contributed by atoms with Gasteiger partial charge in [-0.1, -0.05) is 0 Å². The molecule has 9 N–H and O–H groups in total. The molecule has 12 heteroatoms. The third-order valence-corrected chi connectivity index (χ3v) is 2.29. The molecule has 0 aliphatic rings. The van der Waals surface area contributed by atoms with Crippen molar-refractivity contribution in [2.45, 2.75) is 24.0 Å². The van der Waals surface area contributed by atoms with Crippen molar-refractivity contribution in [3.05, 3.63) is 0 Å². The van der Waals surface area contributed by atoms with Gasteiger partial charge >= 0.3 is 13.8 Å². The fourth-order valence-corrected chi connectivity index (χ4v) is 1.24. The molecule has 18 heavy (non-hydrogen) atoms. The molecular formula is C6H14NO10P. The Morgan fingerprint density at radius 3 is 2.11 bits per heavy atom. The van der Waals surface area contributed by atoms with Crippen LogP contribution in [0.3, 0.4) is 0 Å². The zero-order valence-corrected chi connectivity index (χ0v) is 9.71. The van der Waals surface area contributed by atoms with Crippen molar-refractivity contribution in [3.63, 3.8) is 0 Å². The summed E-state index contributed by atoms with van der Waals surface area (Å²) in [7, 11) is -5.31. The van der Waals surface area contributed by atoms with Crippen LogP contribution >= 0.6 is 7.82 Å². The first kappa shape index (κ1) is 17.4. The van der Waals surface area contributed by atoms with Crippen LogP contribution < -0.4 is 5.73 Å². The van der Waals surface area contributed by atoms with Crippen molar-refractivity contribution in [1.82, 2.24) is 0 Å². The van der Waals surface area contributed by atoms with Crippen molar-refractivity contribution < 1.29 is 49.2 Å². The normalized spacial score (nSPS) is 20.7. The summed E-state index contributed by atoms with van der Waals surface area (Å²) in [5, 5.41) is 45.1. The maximum atomic E-state index is 11.0. The first-order valence-electron chi connectivity index (χ1n) is 4.39. The molecule has 0 bridgehead atoms. The topological polar surface area (TPSA) is 211 Å². The first-order valence-corrected chi connectivity index (χ1v) is 5.92. The monoisotopic (exact) mass is 291 g/mol. The summed E-state index contributed by atoms with van der Waals surface area (Å²) in [5.74, 6) is -2.12. The lowest BCUT2D eigenvalue weighted by molar-refractivity contribution is -0.188. The molecule has 11 nitrogen and oxygen atoms in total. The fraction of sp³-hybridized carbons (Fsp3) is 0.833. The molecule has 108 valence electrons. The van der Waals surface area contributed by atoms with Gasteiger partial charge in [0.25, 0.3) is 0 Å². The van der Waals surface area contributed by atoms with E-state index in [1.807, 2.05) is 0 Å². The summed E-state index contributed by atoms with van der Waals surface area (Å²) in [5.41, 5.74) is 1.45. The minimum atomic E-state index is -5.31. The molecule has 0 unspecified atom stereocenters. The maximum Gasteiger partial charge on any atom is 0.527 e. The van der Waals surface area contributed by atoms with Gasteiger partial charge in [0.2, 0.25) is 5.72 Å². The van der Waals surface area contributed by atoms with E-state index >= 15 is 0 Å². The molecule has 4 atom stereocenters. The van der Waals surface area contributed by atoms with Gasteiger partial charge in [-0.25, -0.2) is 9.36 Å². The number of rotatable bonds is 6. The Labute approximate surface area is 100 Å². The highest BCUT2D eigenvalue weighted by Crippen LogP contribution is 2.37. The lowest BCUT2D eigenvalue weighted by Crippen LogP contribution is -2.63. The minimum Gasteiger partial charge on any atom is -0.394 e. The van der Waals surface area contributed by atoms with Crippen LogP contribution in [0.2, 0.25) is 0 Å². The Morgan fingerprint density at radius 1 is 1.33 bits per heavy atom. The zero-order valence-electron chi connectivity index (χ0n) is 8.82. The highest BCUT2D eigenvalue weighted by atomic mass is 31.2. The van der Waals surface area contributed by atoms with E-state index < -0.39 is 44.4 Å². The number of carbonyl (C=O) groups excluding carboxylic acids is 1. The highest BCUT2D eigenvalue weighted by Gasteiger charge is 2.48. The number of nitrogens with two attached hydrogens (primary N) is 1. The van der Waals surface area contributed by atoms with Crippen LogP contribution in [0, 0.1) is 0 Å². The molecule has 0 rings (SSSR count). The molecule has 0 saturated carbocycles. The lowest BCUT2D eigenvalue weighted by atomic mass is 9.99. The van der Waals surface area contributed by atoms with Crippen LogP contribution in [0.4, 0.5) is 0 Å². The van der Waals surface area contributed by atoms with Gasteiger partial charge in [0.1, 0.15) is 18.3 Å². The number of hydrogen-bond acceptors (Lipinski definition) is 9. The molecule has 0 aliphatic carbocycles. The van der Waals surface area contributed by atoms with E-state index in [4.69, 9.17) is 30.8 Å². The second-order valence-electron chi connectivity index (χ2n) is 3.38. The van der Waals surface area contributed by atoms with E-state index in [1.54, 1.807) is 0 Å². The molecule has 0 saturated heterocycles. The van der Waals surface area contributed by atoms with Gasteiger partial charge in [0.05, 0.1) is 6.61 Å². The summed E-state index contributed by atoms with van der Waals surface area (Å²) in [6, 6.07) is 0. The van der Waals surface area contributed by atoms with Crippen LogP contribution in [0.15, 0.2) is 0 Å². The van der Waals surface area contributed by atoms with Gasteiger partial charge in [0.15, 0.2) is 0 Å². The Balaban J connectivity index is 4.91. The Kier molecular flexibility index (Phi) is 5.81. The second kappa shape index (κ2) is 6.02. The molecule has 0 amide bonds. The van der Waals surface area contributed by atoms with E-state index in [0.717, 1.165) is 0 Å². The largest absolute Gasteiger partial charge is 0.527 e. The van der Waals surface area contributed by atoms with Gasteiger partial charge < -0.3 is 30.1 Å². The third kappa shape index (κ3) is 4.57. The Morgan fingerprint density at radius 2 is 1.78 bits per heavy atom. The number of phosphoric ester groups is 1. The summed E-state index contributed by atoms with van der Waals surface area (Å²) < 4.78 is 13.7. The van der Waals surface area contributed by atoms with E-state index in [-0.39, 0.29) is 0 Å². The van der Waals surface area contributed by atoms with Crippen LogP contribution in [0.1, 0.15) is 0 Å². The number of phosphoric acid groups is 1. The molecule has 0 spiro atoms. The predicted octanol–water partition coefficient (Wildman–Crippen LogP) is -4.66. The molecule has 0 fully saturated rings. The quantitative estimate of drug-likeness (QED) is 0.172. The molecule has 0 aromatic heterocycles. The molecule has 0 aromatic carbocycles. The number of aliphatic hydroxyl groups excluding tert-OH is 4. The standard InChI is InChI=1S/C6H14NO10P/c7-6(13,5(12)17-18(14,15)16)4(11)3(10)2(9)1-8/h2-4,8-11,13H,1,7H2,(H2,14,15,16)/t2-,3+,4+,6-/m1/s1. The Hall–Kier alpha value is -0.620. The van der Waals surface area contributed by atoms with Crippen molar-refractivity contribution in [2.24, 2.45) is 5.73 Å². The molecule has 0 heterocycles. The van der Waals surface area contributed by atoms with Crippen LogP contribution in [-0.4, -0.2) is 71.9 Å². The Bertz CT molecular complexity index is 339. The van der Waals surface area contributed by atoms with Crippen molar-refractivity contribution in [3.8, 4) is 0 Å². The van der Waals surface area contributed by atoms with E-state index in [9.17, 15) is 19.6 Å². The van der Waals surface area contributed by atoms with Crippen molar-refractivity contribution in [2.75, 3.05) is 6.61 Å². The number of aliphatic hydroxyl groups is 5. The lowest BCUT2D eigenvalue weighted by Gasteiger charge is -2.31. The molecule has 0 aliphatic heterocycles. The van der Waals surface area contributed by atoms with Gasteiger partial charge in [0, 0.05) is 0 Å². The first-order chi connectivity index (χ1) is 7.93. The minimum absolute atomic E-state index is 1.03. The van der Waals surface area contributed by atoms with Crippen LogP contribution in [-0.2, 0) is 13.9 Å². The van der Waals surface area contributed by atoms with Crippen molar-refractivity contribution in [1.29, 1.82) is 0 Å². The van der Waals surface area contributed by atoms with Gasteiger partial charge in [-0.05, 0) is 0 Å². The van der Waals surface area contributed by atoms with Gasteiger partial charge in [-0.15, -0.1) is 0 Å². The van der Waals surface area contributed by atoms with E-state index in [0.29, 0.717) is 0 Å². The molecule has 0 radical (unpaired) electrons. The summed E-state index contributed by atoms with van der Waals surface area (Å²) in [6.07, 6.45) is -6.76. The number of hydrogen-bond donors (Lipinski definition) is 8. The number of carbonyl (C=O) groups is 1. The SMILES string of the molecule is N[C@](O)(C(=O)OP(=O)(O)O)[C@@H](O)[C@@H](O)[C@H](O)CO. The van der Waals surface area contributed by atoms with Gasteiger partial charge in [-0.3, -0.25) is 15.5 Å². The molecular weight excluding hydrogens is 277 g/mol. The predicted molar refractivity (Wildman–Crippen MR) is 52.4 cm³/mol. The van der Waals surface area contributed by atoms with E-state index in [2.05, 4.69) is 4.52 Å². The van der Waals surface area contributed by atoms with Crippen molar-refractivity contribution >= 4 is 13.8 Å².